The lowest BCUT2D eigenvalue weighted by atomic mass is 10.0. The lowest BCUT2D eigenvalue weighted by Crippen LogP contribution is -2.48. The quantitative estimate of drug-likeness (QED) is 0.573. The zero-order valence-corrected chi connectivity index (χ0v) is 16.9. The summed E-state index contributed by atoms with van der Waals surface area (Å²) in [6, 6.07) is 5.39. The van der Waals surface area contributed by atoms with Crippen LogP contribution in [0.4, 0.5) is 5.82 Å². The van der Waals surface area contributed by atoms with Crippen LogP contribution < -0.4 is 5.32 Å². The van der Waals surface area contributed by atoms with Gasteiger partial charge in [-0.1, -0.05) is 25.1 Å². The molecule has 1 saturated heterocycles. The van der Waals surface area contributed by atoms with E-state index in [4.69, 9.17) is 0 Å². The van der Waals surface area contributed by atoms with Crippen LogP contribution in [0.3, 0.4) is 0 Å². The molecule has 0 spiro atoms. The highest BCUT2D eigenvalue weighted by molar-refractivity contribution is 5.94. The summed E-state index contributed by atoms with van der Waals surface area (Å²) < 4.78 is 1.73. The number of amides is 3. The molecule has 1 fully saturated rings. The van der Waals surface area contributed by atoms with E-state index in [0.29, 0.717) is 49.8 Å². The maximum Gasteiger partial charge on any atom is 0.274 e. The van der Waals surface area contributed by atoms with Gasteiger partial charge in [0.2, 0.25) is 12.3 Å². The van der Waals surface area contributed by atoms with Gasteiger partial charge < -0.3 is 15.1 Å². The van der Waals surface area contributed by atoms with Crippen molar-refractivity contribution in [2.45, 2.75) is 26.7 Å². The number of allylic oxidation sites excluding steroid dienone is 2. The Balaban J connectivity index is 1.71. The number of nitrogens with one attached hydrogen (secondary N) is 1. The number of imidazole rings is 1. The molecule has 2 aromatic rings. The fraction of sp³-hybridized carbons (Fsp3) is 0.429. The van der Waals surface area contributed by atoms with Crippen LogP contribution in [0.1, 0.15) is 37.2 Å². The minimum Gasteiger partial charge on any atom is -0.342 e. The summed E-state index contributed by atoms with van der Waals surface area (Å²) >= 11 is 0. The maximum absolute atomic E-state index is 12.8. The number of piperazine rings is 1. The van der Waals surface area contributed by atoms with Crippen molar-refractivity contribution in [3.63, 3.8) is 0 Å². The first-order valence-corrected chi connectivity index (χ1v) is 9.89. The van der Waals surface area contributed by atoms with E-state index in [1.165, 1.54) is 0 Å². The second kappa shape index (κ2) is 9.36. The average molecular weight is 397 g/mol. The first-order valence-electron chi connectivity index (χ1n) is 9.89. The second-order valence-corrected chi connectivity index (χ2v) is 7.36. The van der Waals surface area contributed by atoms with Gasteiger partial charge in [0.1, 0.15) is 17.2 Å². The molecule has 1 atom stereocenters. The first-order chi connectivity index (χ1) is 14.0. The highest BCUT2D eigenvalue weighted by atomic mass is 16.2. The van der Waals surface area contributed by atoms with Gasteiger partial charge in [-0.25, -0.2) is 4.98 Å². The Hall–Kier alpha value is -3.16. The normalized spacial score (nSPS) is 15.7. The predicted octanol–water partition coefficient (Wildman–Crippen LogP) is 2.18. The minimum atomic E-state index is -0.170. The molecule has 2 aromatic heterocycles. The molecule has 0 bridgehead atoms. The van der Waals surface area contributed by atoms with E-state index in [1.807, 2.05) is 19.9 Å². The lowest BCUT2D eigenvalue weighted by molar-refractivity contribution is -0.119. The number of fused-ring (bicyclic) bond motifs is 1. The van der Waals surface area contributed by atoms with Crippen LogP contribution in [0.2, 0.25) is 0 Å². The molecule has 3 rings (SSSR count). The Labute approximate surface area is 170 Å². The van der Waals surface area contributed by atoms with Crippen LogP contribution in [0, 0.1) is 5.92 Å². The summed E-state index contributed by atoms with van der Waals surface area (Å²) in [6.07, 6.45) is 7.78. The molecule has 3 heterocycles. The monoisotopic (exact) mass is 397 g/mol. The van der Waals surface area contributed by atoms with Gasteiger partial charge in [0.15, 0.2) is 0 Å². The Morgan fingerprint density at radius 2 is 2.00 bits per heavy atom. The highest BCUT2D eigenvalue weighted by Crippen LogP contribution is 2.17. The number of anilines is 1. The lowest BCUT2D eigenvalue weighted by Gasteiger charge is -2.32. The molecule has 1 N–H and O–H groups in total. The molecule has 0 saturated carbocycles. The Kier molecular flexibility index (Phi) is 6.64. The van der Waals surface area contributed by atoms with Crippen LogP contribution in [0.5, 0.6) is 0 Å². The van der Waals surface area contributed by atoms with Gasteiger partial charge in [-0.15, -0.1) is 0 Å². The second-order valence-electron chi connectivity index (χ2n) is 7.36. The van der Waals surface area contributed by atoms with Crippen molar-refractivity contribution in [1.82, 2.24) is 19.2 Å². The molecule has 154 valence electrons. The number of nitrogens with zero attached hydrogens (tertiary/aromatic N) is 4. The molecule has 1 aliphatic rings. The predicted molar refractivity (Wildman–Crippen MR) is 111 cm³/mol. The fourth-order valence-electron chi connectivity index (χ4n) is 3.37. The van der Waals surface area contributed by atoms with Crippen molar-refractivity contribution in [2.24, 2.45) is 5.92 Å². The van der Waals surface area contributed by atoms with E-state index in [0.717, 1.165) is 12.8 Å². The molecular weight excluding hydrogens is 370 g/mol. The molecule has 8 heteroatoms. The zero-order chi connectivity index (χ0) is 20.8. The molecule has 0 aromatic carbocycles. The molecule has 0 radical (unpaired) electrons. The van der Waals surface area contributed by atoms with Crippen molar-refractivity contribution in [1.29, 1.82) is 0 Å². The topological polar surface area (TPSA) is 87.0 Å². The first kappa shape index (κ1) is 20.6. The number of carbonyl (C=O) groups is 3. The third-order valence-corrected chi connectivity index (χ3v) is 5.04. The molecule has 0 aliphatic carbocycles. The number of aromatic nitrogens is 2. The van der Waals surface area contributed by atoms with Crippen molar-refractivity contribution in [3.05, 3.63) is 42.2 Å². The Bertz CT molecular complexity index is 912. The zero-order valence-electron chi connectivity index (χ0n) is 16.9. The number of hydrogen-bond acceptors (Lipinski definition) is 4. The van der Waals surface area contributed by atoms with E-state index in [1.54, 1.807) is 38.6 Å². The molecular formula is C21H27N5O3. The molecule has 29 heavy (non-hydrogen) atoms. The summed E-state index contributed by atoms with van der Waals surface area (Å²) in [6.45, 7) is 6.02. The smallest absolute Gasteiger partial charge is 0.274 e. The summed E-state index contributed by atoms with van der Waals surface area (Å²) in [5, 5.41) is 2.93. The van der Waals surface area contributed by atoms with Crippen LogP contribution in [-0.4, -0.2) is 63.6 Å². The largest absolute Gasteiger partial charge is 0.342 e. The van der Waals surface area contributed by atoms with Crippen LogP contribution in [0.25, 0.3) is 5.65 Å². The van der Waals surface area contributed by atoms with Gasteiger partial charge in [0.25, 0.3) is 5.91 Å². The van der Waals surface area contributed by atoms with Crippen LogP contribution in [-0.2, 0) is 9.59 Å². The summed E-state index contributed by atoms with van der Waals surface area (Å²) in [7, 11) is 0. The van der Waals surface area contributed by atoms with E-state index >= 15 is 0 Å². The SMILES string of the molecule is C/C=C\CC(C)CC(=O)Nc1cccc2nc(C(=O)N3CCN(C=O)CC3)cn12. The van der Waals surface area contributed by atoms with Crippen molar-refractivity contribution in [3.8, 4) is 0 Å². The maximum atomic E-state index is 12.8. The third kappa shape index (κ3) is 5.01. The standard InChI is InChI=1S/C21H27N5O3/c1-3-4-6-16(2)13-20(28)23-19-8-5-7-18-22-17(14-26(18)19)21(29)25-11-9-24(15-27)10-12-25/h3-5,7-8,14-16H,6,9-13H2,1-2H3,(H,23,28)/b4-3-. The third-order valence-electron chi connectivity index (χ3n) is 5.04. The molecule has 8 nitrogen and oxygen atoms in total. The summed E-state index contributed by atoms with van der Waals surface area (Å²) in [5.41, 5.74) is 0.923. The van der Waals surface area contributed by atoms with Gasteiger partial charge in [-0.2, -0.15) is 0 Å². The van der Waals surface area contributed by atoms with Crippen molar-refractivity contribution in [2.75, 3.05) is 31.5 Å². The van der Waals surface area contributed by atoms with Crippen LogP contribution in [0.15, 0.2) is 36.5 Å². The molecule has 1 aliphatic heterocycles. The van der Waals surface area contributed by atoms with Gasteiger partial charge in [-0.05, 0) is 31.4 Å². The van der Waals surface area contributed by atoms with Crippen molar-refractivity contribution >= 4 is 29.7 Å². The van der Waals surface area contributed by atoms with Gasteiger partial charge >= 0.3 is 0 Å². The number of rotatable bonds is 7. The van der Waals surface area contributed by atoms with Crippen molar-refractivity contribution < 1.29 is 14.4 Å². The van der Waals surface area contributed by atoms with E-state index in [-0.39, 0.29) is 17.7 Å². The Morgan fingerprint density at radius 1 is 1.24 bits per heavy atom. The summed E-state index contributed by atoms with van der Waals surface area (Å²) in [4.78, 5) is 43.8. The van der Waals surface area contributed by atoms with E-state index in [9.17, 15) is 14.4 Å². The van der Waals surface area contributed by atoms with Gasteiger partial charge in [0, 0.05) is 38.8 Å². The van der Waals surface area contributed by atoms with E-state index in [2.05, 4.69) is 16.4 Å². The highest BCUT2D eigenvalue weighted by Gasteiger charge is 2.23. The summed E-state index contributed by atoms with van der Waals surface area (Å²) in [5.74, 6) is 0.594. The number of hydrogen-bond donors (Lipinski definition) is 1. The number of pyridine rings is 1. The van der Waals surface area contributed by atoms with Gasteiger partial charge in [0.05, 0.1) is 0 Å². The van der Waals surface area contributed by atoms with E-state index < -0.39 is 0 Å². The fourth-order valence-corrected chi connectivity index (χ4v) is 3.37. The molecule has 1 unspecified atom stereocenters. The average Bonchev–Trinajstić information content (AvgIpc) is 3.17. The van der Waals surface area contributed by atoms with Gasteiger partial charge in [-0.3, -0.25) is 18.8 Å². The van der Waals surface area contributed by atoms with Crippen LogP contribution >= 0.6 is 0 Å². The minimum absolute atomic E-state index is 0.0685. The Morgan fingerprint density at radius 3 is 2.69 bits per heavy atom. The molecule has 3 amide bonds. The number of carbonyl (C=O) groups excluding carboxylic acids is 3.